The number of aromatic nitrogens is 2. The van der Waals surface area contributed by atoms with Crippen LogP contribution < -0.4 is 10.6 Å². The van der Waals surface area contributed by atoms with Crippen LogP contribution in [-0.4, -0.2) is 21.6 Å². The Morgan fingerprint density at radius 1 is 1.10 bits per heavy atom. The van der Waals surface area contributed by atoms with E-state index in [-0.39, 0.29) is 18.2 Å². The Morgan fingerprint density at radius 2 is 1.83 bits per heavy atom. The number of aryl methyl sites for hydroxylation is 1. The average molecular weight is 411 g/mol. The number of thiophene rings is 1. The number of hydrogen-bond acceptors (Lipinski definition) is 4. The summed E-state index contributed by atoms with van der Waals surface area (Å²) >= 11 is 1.38. The number of nitrogens with one attached hydrogen (secondary N) is 2. The van der Waals surface area contributed by atoms with Crippen molar-refractivity contribution in [3.63, 3.8) is 0 Å². The number of amides is 2. The smallest absolute Gasteiger partial charge is 0.265 e. The van der Waals surface area contributed by atoms with Crippen LogP contribution in [0.5, 0.6) is 0 Å². The Balaban J connectivity index is 1.65. The van der Waals surface area contributed by atoms with Gasteiger partial charge in [-0.2, -0.15) is 5.10 Å². The fourth-order valence-electron chi connectivity index (χ4n) is 3.15. The van der Waals surface area contributed by atoms with Gasteiger partial charge in [0.1, 0.15) is 0 Å². The van der Waals surface area contributed by atoms with Crippen LogP contribution in [0.15, 0.2) is 41.8 Å². The molecular weight excluding hydrogens is 384 g/mol. The molecule has 0 bridgehead atoms. The molecule has 1 aromatic carbocycles. The van der Waals surface area contributed by atoms with Crippen LogP contribution in [0.25, 0.3) is 0 Å². The molecule has 6 nitrogen and oxygen atoms in total. The van der Waals surface area contributed by atoms with Gasteiger partial charge in [-0.25, -0.2) is 0 Å². The van der Waals surface area contributed by atoms with Crippen molar-refractivity contribution in [1.29, 1.82) is 0 Å². The Bertz CT molecular complexity index is 1010. The first-order valence-corrected chi connectivity index (χ1v) is 10.5. The van der Waals surface area contributed by atoms with Crippen LogP contribution in [0.4, 0.5) is 11.4 Å². The normalized spacial score (nSPS) is 10.9. The monoisotopic (exact) mass is 410 g/mol. The quantitative estimate of drug-likeness (QED) is 0.595. The van der Waals surface area contributed by atoms with Crippen molar-refractivity contribution in [2.45, 2.75) is 40.7 Å². The van der Waals surface area contributed by atoms with E-state index in [4.69, 9.17) is 0 Å². The molecule has 152 valence electrons. The number of benzene rings is 1. The van der Waals surface area contributed by atoms with Gasteiger partial charge in [-0.3, -0.25) is 14.3 Å². The highest BCUT2D eigenvalue weighted by atomic mass is 32.1. The molecule has 0 saturated heterocycles. The number of nitrogens with zero attached hydrogens (tertiary/aromatic N) is 2. The second-order valence-electron chi connectivity index (χ2n) is 7.46. The molecular formula is C22H26N4O2S. The lowest BCUT2D eigenvalue weighted by molar-refractivity contribution is -0.115. The maximum atomic E-state index is 12.6. The van der Waals surface area contributed by atoms with Crippen molar-refractivity contribution in [2.24, 2.45) is 5.92 Å². The largest absolute Gasteiger partial charge is 0.326 e. The summed E-state index contributed by atoms with van der Waals surface area (Å²) in [4.78, 5) is 25.5. The van der Waals surface area contributed by atoms with Crippen LogP contribution in [0.1, 0.15) is 40.5 Å². The standard InChI is InChI=1S/C22H26N4O2S/c1-14(2)13-26-16(4)19(15(3)25-26)12-21(27)23-17-7-5-8-18(11-17)24-22(28)20-9-6-10-29-20/h5-11,14H,12-13H2,1-4H3,(H,23,27)(H,24,28). The minimum atomic E-state index is -0.160. The molecule has 2 amide bonds. The summed E-state index contributed by atoms with van der Waals surface area (Å²) in [7, 11) is 0. The highest BCUT2D eigenvalue weighted by Crippen LogP contribution is 2.19. The molecule has 0 spiro atoms. The summed E-state index contributed by atoms with van der Waals surface area (Å²) in [6.07, 6.45) is 0.265. The summed E-state index contributed by atoms with van der Waals surface area (Å²) in [6, 6.07) is 10.8. The van der Waals surface area contributed by atoms with E-state index < -0.39 is 0 Å². The molecule has 3 rings (SSSR count). The second kappa shape index (κ2) is 9.05. The highest BCUT2D eigenvalue weighted by molar-refractivity contribution is 7.12. The molecule has 0 aliphatic carbocycles. The zero-order valence-corrected chi connectivity index (χ0v) is 18.0. The second-order valence-corrected chi connectivity index (χ2v) is 8.41. The van der Waals surface area contributed by atoms with E-state index in [0.29, 0.717) is 22.2 Å². The van der Waals surface area contributed by atoms with Gasteiger partial charge in [0.25, 0.3) is 5.91 Å². The minimum Gasteiger partial charge on any atom is -0.326 e. The van der Waals surface area contributed by atoms with E-state index in [9.17, 15) is 9.59 Å². The fourth-order valence-corrected chi connectivity index (χ4v) is 3.77. The van der Waals surface area contributed by atoms with E-state index in [2.05, 4.69) is 29.6 Å². The van der Waals surface area contributed by atoms with Crippen molar-refractivity contribution >= 4 is 34.5 Å². The van der Waals surface area contributed by atoms with Crippen LogP contribution in [0.3, 0.4) is 0 Å². The van der Waals surface area contributed by atoms with Gasteiger partial charge in [0.15, 0.2) is 0 Å². The van der Waals surface area contributed by atoms with Crippen LogP contribution in [-0.2, 0) is 17.8 Å². The Hall–Kier alpha value is -2.93. The fraction of sp³-hybridized carbons (Fsp3) is 0.318. The summed E-state index contributed by atoms with van der Waals surface area (Å²) in [6.45, 7) is 9.07. The first-order valence-electron chi connectivity index (χ1n) is 9.61. The molecule has 0 aliphatic heterocycles. The van der Waals surface area contributed by atoms with Crippen molar-refractivity contribution in [2.75, 3.05) is 10.6 Å². The molecule has 0 saturated carbocycles. The maximum absolute atomic E-state index is 12.6. The van der Waals surface area contributed by atoms with Gasteiger partial charge in [-0.15, -0.1) is 11.3 Å². The zero-order chi connectivity index (χ0) is 21.0. The van der Waals surface area contributed by atoms with Gasteiger partial charge in [-0.05, 0) is 49.4 Å². The predicted octanol–water partition coefficient (Wildman–Crippen LogP) is 4.65. The molecule has 29 heavy (non-hydrogen) atoms. The number of carbonyl (C=O) groups is 2. The van der Waals surface area contributed by atoms with Crippen LogP contribution in [0, 0.1) is 19.8 Å². The summed E-state index contributed by atoms with van der Waals surface area (Å²) in [5.74, 6) is 0.219. The first-order chi connectivity index (χ1) is 13.8. The van der Waals surface area contributed by atoms with E-state index >= 15 is 0 Å². The van der Waals surface area contributed by atoms with E-state index in [1.165, 1.54) is 11.3 Å². The Morgan fingerprint density at radius 3 is 2.48 bits per heavy atom. The molecule has 2 aromatic heterocycles. The third-order valence-electron chi connectivity index (χ3n) is 4.56. The Labute approximate surface area is 175 Å². The molecule has 2 heterocycles. The lowest BCUT2D eigenvalue weighted by atomic mass is 10.1. The van der Waals surface area contributed by atoms with Gasteiger partial charge in [0.05, 0.1) is 17.0 Å². The van der Waals surface area contributed by atoms with Gasteiger partial charge in [-0.1, -0.05) is 26.0 Å². The summed E-state index contributed by atoms with van der Waals surface area (Å²) in [5, 5.41) is 12.2. The summed E-state index contributed by atoms with van der Waals surface area (Å²) in [5.41, 5.74) is 4.16. The van der Waals surface area contributed by atoms with Gasteiger partial charge >= 0.3 is 0 Å². The first kappa shape index (κ1) is 20.8. The van der Waals surface area contributed by atoms with Gasteiger partial charge in [0.2, 0.25) is 5.91 Å². The predicted molar refractivity (Wildman–Crippen MR) is 118 cm³/mol. The summed E-state index contributed by atoms with van der Waals surface area (Å²) < 4.78 is 1.98. The topological polar surface area (TPSA) is 76.0 Å². The molecule has 0 radical (unpaired) electrons. The molecule has 2 N–H and O–H groups in total. The van der Waals surface area contributed by atoms with E-state index in [1.807, 2.05) is 30.0 Å². The number of carbonyl (C=O) groups excluding carboxylic acids is 2. The third-order valence-corrected chi connectivity index (χ3v) is 5.42. The molecule has 0 fully saturated rings. The maximum Gasteiger partial charge on any atom is 0.265 e. The highest BCUT2D eigenvalue weighted by Gasteiger charge is 2.16. The minimum absolute atomic E-state index is 0.109. The molecule has 3 aromatic rings. The lowest BCUT2D eigenvalue weighted by Crippen LogP contribution is -2.16. The van der Waals surface area contributed by atoms with Crippen LogP contribution >= 0.6 is 11.3 Å². The molecule has 7 heteroatoms. The number of rotatable bonds is 7. The van der Waals surface area contributed by atoms with Gasteiger partial charge < -0.3 is 10.6 Å². The van der Waals surface area contributed by atoms with E-state index in [0.717, 1.165) is 23.5 Å². The molecule has 0 atom stereocenters. The van der Waals surface area contributed by atoms with Crippen molar-refractivity contribution in [1.82, 2.24) is 9.78 Å². The van der Waals surface area contributed by atoms with Crippen LogP contribution in [0.2, 0.25) is 0 Å². The number of hydrogen-bond donors (Lipinski definition) is 2. The van der Waals surface area contributed by atoms with Crippen molar-refractivity contribution < 1.29 is 9.59 Å². The van der Waals surface area contributed by atoms with E-state index in [1.54, 1.807) is 30.3 Å². The molecule has 0 unspecified atom stereocenters. The SMILES string of the molecule is Cc1nn(CC(C)C)c(C)c1CC(=O)Nc1cccc(NC(=O)c2cccs2)c1. The average Bonchev–Trinajstić information content (AvgIpc) is 3.27. The number of anilines is 2. The van der Waals surface area contributed by atoms with Crippen molar-refractivity contribution in [3.05, 3.63) is 63.6 Å². The third kappa shape index (κ3) is 5.32. The van der Waals surface area contributed by atoms with Gasteiger partial charge in [0, 0.05) is 29.2 Å². The Kier molecular flexibility index (Phi) is 6.49. The molecule has 0 aliphatic rings. The lowest BCUT2D eigenvalue weighted by Gasteiger charge is -2.10. The van der Waals surface area contributed by atoms with Crippen molar-refractivity contribution in [3.8, 4) is 0 Å². The zero-order valence-electron chi connectivity index (χ0n) is 17.2.